The van der Waals surface area contributed by atoms with Gasteiger partial charge in [-0.25, -0.2) is 0 Å². The number of rotatable bonds is 2. The zero-order valence-electron chi connectivity index (χ0n) is 7.53. The van der Waals surface area contributed by atoms with Crippen molar-refractivity contribution in [2.24, 2.45) is 5.73 Å². The maximum atomic E-state index is 5.93. The van der Waals surface area contributed by atoms with Crippen LogP contribution in [0.25, 0.3) is 11.6 Å². The molecule has 5 heteroatoms. The Morgan fingerprint density at radius 3 is 2.93 bits per heavy atom. The standard InChI is InChI=1S/C9H10N4O/c10-9(3-4-9)8-13-12-7(14-8)6-2-1-5-11-6/h1-2,5,11H,3-4,10H2. The Hall–Kier alpha value is -1.62. The Bertz CT molecular complexity index is 441. The van der Waals surface area contributed by atoms with Gasteiger partial charge in [0.05, 0.1) is 5.54 Å². The molecule has 0 bridgehead atoms. The molecule has 14 heavy (non-hydrogen) atoms. The molecule has 3 rings (SSSR count). The van der Waals surface area contributed by atoms with Crippen molar-refractivity contribution in [2.75, 3.05) is 0 Å². The summed E-state index contributed by atoms with van der Waals surface area (Å²) >= 11 is 0. The van der Waals surface area contributed by atoms with E-state index in [1.165, 1.54) is 0 Å². The predicted octanol–water partition coefficient (Wildman–Crippen LogP) is 1.01. The van der Waals surface area contributed by atoms with Crippen LogP contribution in [0.4, 0.5) is 0 Å². The first kappa shape index (κ1) is 7.75. The Morgan fingerprint density at radius 2 is 2.29 bits per heavy atom. The van der Waals surface area contributed by atoms with Gasteiger partial charge in [0.1, 0.15) is 5.69 Å². The fraction of sp³-hybridized carbons (Fsp3) is 0.333. The number of hydrogen-bond donors (Lipinski definition) is 2. The molecule has 1 saturated carbocycles. The number of nitrogens with two attached hydrogens (primary N) is 1. The first-order valence-corrected chi connectivity index (χ1v) is 4.55. The maximum absolute atomic E-state index is 5.93. The lowest BCUT2D eigenvalue weighted by molar-refractivity contribution is 0.448. The number of hydrogen-bond acceptors (Lipinski definition) is 4. The normalized spacial score (nSPS) is 18.4. The van der Waals surface area contributed by atoms with Gasteiger partial charge in [0.15, 0.2) is 0 Å². The summed E-state index contributed by atoms with van der Waals surface area (Å²) in [5.41, 5.74) is 6.41. The van der Waals surface area contributed by atoms with Crippen LogP contribution in [0.3, 0.4) is 0 Å². The zero-order valence-corrected chi connectivity index (χ0v) is 7.53. The van der Waals surface area contributed by atoms with E-state index >= 15 is 0 Å². The quantitative estimate of drug-likeness (QED) is 0.740. The number of aromatic nitrogens is 3. The van der Waals surface area contributed by atoms with Gasteiger partial charge in [0.25, 0.3) is 5.89 Å². The number of aromatic amines is 1. The van der Waals surface area contributed by atoms with E-state index in [-0.39, 0.29) is 5.54 Å². The van der Waals surface area contributed by atoms with Crippen molar-refractivity contribution >= 4 is 0 Å². The maximum Gasteiger partial charge on any atom is 0.264 e. The van der Waals surface area contributed by atoms with Crippen LogP contribution in [0.1, 0.15) is 18.7 Å². The average molecular weight is 190 g/mol. The largest absolute Gasteiger partial charge is 0.417 e. The summed E-state index contributed by atoms with van der Waals surface area (Å²) in [5.74, 6) is 1.05. The molecule has 3 N–H and O–H groups in total. The summed E-state index contributed by atoms with van der Waals surface area (Å²) in [7, 11) is 0. The van der Waals surface area contributed by atoms with Gasteiger partial charge in [-0.1, -0.05) is 0 Å². The SMILES string of the molecule is NC1(c2nnc(-c3ccc[nH]3)o2)CC1. The molecule has 2 aromatic heterocycles. The monoisotopic (exact) mass is 190 g/mol. The van der Waals surface area contributed by atoms with Gasteiger partial charge in [0, 0.05) is 6.20 Å². The molecule has 0 atom stereocenters. The third-order valence-corrected chi connectivity index (χ3v) is 2.47. The minimum Gasteiger partial charge on any atom is -0.417 e. The number of nitrogens with zero attached hydrogens (tertiary/aromatic N) is 2. The summed E-state index contributed by atoms with van der Waals surface area (Å²) < 4.78 is 5.48. The molecule has 0 spiro atoms. The highest BCUT2D eigenvalue weighted by Crippen LogP contribution is 2.42. The van der Waals surface area contributed by atoms with E-state index in [4.69, 9.17) is 10.2 Å². The third kappa shape index (κ3) is 1.06. The molecule has 0 aliphatic heterocycles. The lowest BCUT2D eigenvalue weighted by atomic mass is 10.3. The zero-order chi connectivity index (χ0) is 9.60. The Kier molecular flexibility index (Phi) is 1.36. The van der Waals surface area contributed by atoms with Crippen LogP contribution in [0.15, 0.2) is 22.7 Å². The van der Waals surface area contributed by atoms with Gasteiger partial charge < -0.3 is 15.1 Å². The van der Waals surface area contributed by atoms with Crippen LogP contribution in [-0.4, -0.2) is 15.2 Å². The van der Waals surface area contributed by atoms with Gasteiger partial charge in [0.2, 0.25) is 5.89 Å². The van der Waals surface area contributed by atoms with Crippen molar-refractivity contribution in [3.63, 3.8) is 0 Å². The van der Waals surface area contributed by atoms with Gasteiger partial charge in [-0.3, -0.25) is 0 Å². The summed E-state index contributed by atoms with van der Waals surface area (Å²) in [6.07, 6.45) is 3.67. The molecule has 2 aromatic rings. The second-order valence-corrected chi connectivity index (χ2v) is 3.65. The second-order valence-electron chi connectivity index (χ2n) is 3.65. The Labute approximate surface area is 80.3 Å². The summed E-state index contributed by atoms with van der Waals surface area (Å²) in [6.45, 7) is 0. The van der Waals surface area contributed by atoms with E-state index in [1.807, 2.05) is 18.3 Å². The fourth-order valence-corrected chi connectivity index (χ4v) is 1.35. The van der Waals surface area contributed by atoms with Crippen molar-refractivity contribution in [2.45, 2.75) is 18.4 Å². The van der Waals surface area contributed by atoms with Gasteiger partial charge in [-0.15, -0.1) is 10.2 Å². The highest BCUT2D eigenvalue weighted by Gasteiger charge is 2.45. The molecular weight excluding hydrogens is 180 g/mol. The molecule has 72 valence electrons. The fourth-order valence-electron chi connectivity index (χ4n) is 1.35. The van der Waals surface area contributed by atoms with Crippen LogP contribution in [0.5, 0.6) is 0 Å². The van der Waals surface area contributed by atoms with Crippen LogP contribution < -0.4 is 5.73 Å². The first-order chi connectivity index (χ1) is 6.78. The molecular formula is C9H10N4O. The third-order valence-electron chi connectivity index (χ3n) is 2.47. The van der Waals surface area contributed by atoms with E-state index in [0.29, 0.717) is 11.8 Å². The lowest BCUT2D eigenvalue weighted by Gasteiger charge is -1.98. The number of nitrogens with one attached hydrogen (secondary N) is 1. The average Bonchev–Trinajstić information content (AvgIpc) is 2.73. The van der Waals surface area contributed by atoms with Crippen LogP contribution in [0.2, 0.25) is 0 Å². The molecule has 2 heterocycles. The molecule has 1 aliphatic carbocycles. The van der Waals surface area contributed by atoms with Crippen molar-refractivity contribution in [1.29, 1.82) is 0 Å². The van der Waals surface area contributed by atoms with Crippen LogP contribution >= 0.6 is 0 Å². The van der Waals surface area contributed by atoms with E-state index in [9.17, 15) is 0 Å². The minimum atomic E-state index is -0.349. The van der Waals surface area contributed by atoms with Crippen LogP contribution in [0, 0.1) is 0 Å². The van der Waals surface area contributed by atoms with E-state index < -0.39 is 0 Å². The smallest absolute Gasteiger partial charge is 0.264 e. The van der Waals surface area contributed by atoms with E-state index in [2.05, 4.69) is 15.2 Å². The number of H-pyrrole nitrogens is 1. The molecule has 1 aliphatic rings. The van der Waals surface area contributed by atoms with E-state index in [0.717, 1.165) is 18.5 Å². The van der Waals surface area contributed by atoms with Crippen molar-refractivity contribution in [3.8, 4) is 11.6 Å². The van der Waals surface area contributed by atoms with Gasteiger partial charge in [-0.05, 0) is 25.0 Å². The highest BCUT2D eigenvalue weighted by molar-refractivity contribution is 5.45. The van der Waals surface area contributed by atoms with Crippen molar-refractivity contribution in [1.82, 2.24) is 15.2 Å². The highest BCUT2D eigenvalue weighted by atomic mass is 16.4. The summed E-state index contributed by atoms with van der Waals surface area (Å²) in [6, 6.07) is 3.77. The summed E-state index contributed by atoms with van der Waals surface area (Å²) in [5, 5.41) is 7.88. The van der Waals surface area contributed by atoms with E-state index in [1.54, 1.807) is 0 Å². The predicted molar refractivity (Wildman–Crippen MR) is 49.2 cm³/mol. The molecule has 0 radical (unpaired) electrons. The summed E-state index contributed by atoms with van der Waals surface area (Å²) in [4.78, 5) is 3.00. The first-order valence-electron chi connectivity index (χ1n) is 4.55. The Balaban J connectivity index is 1.98. The molecule has 1 fully saturated rings. The van der Waals surface area contributed by atoms with Crippen molar-refractivity contribution < 1.29 is 4.42 Å². The van der Waals surface area contributed by atoms with Crippen LogP contribution in [-0.2, 0) is 5.54 Å². The molecule has 5 nitrogen and oxygen atoms in total. The van der Waals surface area contributed by atoms with Crippen molar-refractivity contribution in [3.05, 3.63) is 24.2 Å². The second kappa shape index (κ2) is 2.45. The lowest BCUT2D eigenvalue weighted by Crippen LogP contribution is -2.18. The minimum absolute atomic E-state index is 0.349. The van der Waals surface area contributed by atoms with Gasteiger partial charge in [-0.2, -0.15) is 0 Å². The topological polar surface area (TPSA) is 80.7 Å². The molecule has 0 unspecified atom stereocenters. The molecule has 0 aromatic carbocycles. The van der Waals surface area contributed by atoms with Gasteiger partial charge >= 0.3 is 0 Å². The Morgan fingerprint density at radius 1 is 1.43 bits per heavy atom. The molecule has 0 saturated heterocycles. The molecule has 0 amide bonds.